The smallest absolute Gasteiger partial charge is 0.449 e. The molecule has 3 fully saturated rings. The summed E-state index contributed by atoms with van der Waals surface area (Å²) in [4.78, 5) is 16.4. The van der Waals surface area contributed by atoms with Gasteiger partial charge in [0.2, 0.25) is 5.76 Å². The maximum absolute atomic E-state index is 13.3. The van der Waals surface area contributed by atoms with E-state index >= 15 is 0 Å². The maximum atomic E-state index is 13.3. The van der Waals surface area contributed by atoms with Crippen molar-refractivity contribution in [1.29, 1.82) is 0 Å². The van der Waals surface area contributed by atoms with Crippen LogP contribution in [0.2, 0.25) is 0 Å². The normalized spacial score (nSPS) is 23.9. The third-order valence-corrected chi connectivity index (χ3v) is 5.61. The molecule has 2 aromatic rings. The highest BCUT2D eigenvalue weighted by Gasteiger charge is 2.40. The molecule has 3 saturated heterocycles. The highest BCUT2D eigenvalue weighted by Crippen LogP contribution is 2.35. The fraction of sp³-hybridized carbons (Fsp3) is 0.550. The molecule has 0 aliphatic carbocycles. The molecule has 1 amide bonds. The predicted molar refractivity (Wildman–Crippen MR) is 95.8 cm³/mol. The number of amides is 1. The van der Waals surface area contributed by atoms with Crippen molar-refractivity contribution in [2.45, 2.75) is 45.1 Å². The van der Waals surface area contributed by atoms with Gasteiger partial charge in [-0.2, -0.15) is 13.2 Å². The van der Waals surface area contributed by atoms with Gasteiger partial charge in [0.15, 0.2) is 0 Å². The van der Waals surface area contributed by atoms with Gasteiger partial charge in [-0.3, -0.25) is 9.80 Å². The van der Waals surface area contributed by atoms with E-state index in [4.69, 9.17) is 13.6 Å². The van der Waals surface area contributed by atoms with Gasteiger partial charge < -0.3 is 13.6 Å². The SMILES string of the molecule is Cc1cc(CN(Cc2ccoc2)C(=O)O[C@H]2CN3CCC2CC3)c(C(F)(F)F)o1. The maximum Gasteiger partial charge on any atom is 0.449 e. The average molecular weight is 412 g/mol. The van der Waals surface area contributed by atoms with E-state index in [1.165, 1.54) is 30.4 Å². The van der Waals surface area contributed by atoms with Crippen molar-refractivity contribution in [3.63, 3.8) is 0 Å². The van der Waals surface area contributed by atoms with Gasteiger partial charge in [0, 0.05) is 17.7 Å². The third-order valence-electron chi connectivity index (χ3n) is 5.61. The first-order valence-electron chi connectivity index (χ1n) is 9.65. The van der Waals surface area contributed by atoms with E-state index < -0.39 is 18.0 Å². The molecule has 3 aliphatic rings. The summed E-state index contributed by atoms with van der Waals surface area (Å²) < 4.78 is 55.6. The minimum atomic E-state index is -4.63. The van der Waals surface area contributed by atoms with Crippen LogP contribution in [0.1, 0.15) is 35.5 Å². The van der Waals surface area contributed by atoms with Gasteiger partial charge >= 0.3 is 12.3 Å². The van der Waals surface area contributed by atoms with Crippen molar-refractivity contribution in [3.05, 3.63) is 47.3 Å². The first kappa shape index (κ1) is 19.9. The molecule has 0 saturated carbocycles. The third kappa shape index (κ3) is 4.44. The van der Waals surface area contributed by atoms with Crippen molar-refractivity contribution >= 4 is 6.09 Å². The molecule has 2 aromatic heterocycles. The molecule has 1 atom stereocenters. The lowest BCUT2D eigenvalue weighted by Gasteiger charge is -2.44. The van der Waals surface area contributed by atoms with Crippen LogP contribution < -0.4 is 0 Å². The topological polar surface area (TPSA) is 59.1 Å². The standard InChI is InChI=1S/C20H23F3N2O4/c1-13-8-16(18(28-13)20(21,22)23)10-25(9-14-4-7-27-12-14)19(26)29-17-11-24-5-2-15(17)3-6-24/h4,7-8,12,15,17H,2-3,5-6,9-11H2,1H3/t17-/m0/s1. The number of alkyl halides is 3. The molecular weight excluding hydrogens is 389 g/mol. The second kappa shape index (κ2) is 7.78. The number of ether oxygens (including phenoxy) is 1. The largest absolute Gasteiger partial charge is 0.472 e. The van der Waals surface area contributed by atoms with Crippen molar-refractivity contribution in [2.24, 2.45) is 5.92 Å². The van der Waals surface area contributed by atoms with Crippen molar-refractivity contribution in [3.8, 4) is 0 Å². The molecule has 0 aromatic carbocycles. The Balaban J connectivity index is 1.53. The van der Waals surface area contributed by atoms with Gasteiger partial charge in [-0.1, -0.05) is 0 Å². The minimum absolute atomic E-state index is 0.0813. The van der Waals surface area contributed by atoms with Gasteiger partial charge in [-0.05, 0) is 50.9 Å². The van der Waals surface area contributed by atoms with Crippen LogP contribution in [0.3, 0.4) is 0 Å². The Labute approximate surface area is 166 Å². The van der Waals surface area contributed by atoms with Gasteiger partial charge in [-0.25, -0.2) is 4.79 Å². The fourth-order valence-corrected chi connectivity index (χ4v) is 4.17. The number of piperidine rings is 3. The predicted octanol–water partition coefficient (Wildman–Crippen LogP) is 4.43. The highest BCUT2D eigenvalue weighted by molar-refractivity contribution is 5.68. The summed E-state index contributed by atoms with van der Waals surface area (Å²) in [7, 11) is 0. The number of hydrogen-bond acceptors (Lipinski definition) is 5. The first-order chi connectivity index (χ1) is 13.8. The number of rotatable bonds is 5. The van der Waals surface area contributed by atoms with Crippen LogP contribution >= 0.6 is 0 Å². The average Bonchev–Trinajstić information content (AvgIpc) is 3.31. The number of carbonyl (C=O) groups is 1. The molecule has 0 spiro atoms. The summed E-state index contributed by atoms with van der Waals surface area (Å²) in [5.74, 6) is -0.634. The molecule has 6 nitrogen and oxygen atoms in total. The number of carbonyl (C=O) groups excluding carboxylic acids is 1. The van der Waals surface area contributed by atoms with Crippen LogP contribution in [0.4, 0.5) is 18.0 Å². The lowest BCUT2D eigenvalue weighted by atomic mass is 9.86. The van der Waals surface area contributed by atoms with E-state index in [-0.39, 0.29) is 30.5 Å². The molecule has 5 rings (SSSR count). The van der Waals surface area contributed by atoms with Crippen LogP contribution in [-0.4, -0.2) is 41.6 Å². The summed E-state index contributed by atoms with van der Waals surface area (Å²) in [5, 5.41) is 0. The van der Waals surface area contributed by atoms with Crippen LogP contribution in [0, 0.1) is 12.8 Å². The van der Waals surface area contributed by atoms with Gasteiger partial charge in [0.25, 0.3) is 0 Å². The molecule has 3 aliphatic heterocycles. The molecular formula is C20H23F3N2O4. The minimum Gasteiger partial charge on any atom is -0.472 e. The zero-order chi connectivity index (χ0) is 20.6. The number of hydrogen-bond donors (Lipinski definition) is 0. The van der Waals surface area contributed by atoms with Crippen molar-refractivity contribution in [2.75, 3.05) is 19.6 Å². The van der Waals surface area contributed by atoms with Crippen molar-refractivity contribution in [1.82, 2.24) is 9.80 Å². The highest BCUT2D eigenvalue weighted by atomic mass is 19.4. The Morgan fingerprint density at radius 3 is 2.66 bits per heavy atom. The zero-order valence-electron chi connectivity index (χ0n) is 16.1. The van der Waals surface area contributed by atoms with E-state index in [9.17, 15) is 18.0 Å². The zero-order valence-corrected chi connectivity index (χ0v) is 16.1. The van der Waals surface area contributed by atoms with Gasteiger partial charge in [-0.15, -0.1) is 0 Å². The lowest BCUT2D eigenvalue weighted by Crippen LogP contribution is -2.52. The van der Waals surface area contributed by atoms with Crippen LogP contribution in [0.25, 0.3) is 0 Å². The van der Waals surface area contributed by atoms with Gasteiger partial charge in [0.1, 0.15) is 11.9 Å². The molecule has 0 unspecified atom stereocenters. The summed E-state index contributed by atoms with van der Waals surface area (Å²) >= 11 is 0. The molecule has 158 valence electrons. The Bertz CT molecular complexity index is 839. The number of furan rings is 2. The molecule has 0 radical (unpaired) electrons. The number of nitrogens with zero attached hydrogens (tertiary/aromatic N) is 2. The summed E-state index contributed by atoms with van der Waals surface area (Å²) in [6.45, 7) is 3.94. The van der Waals surface area contributed by atoms with E-state index in [1.54, 1.807) is 6.07 Å². The van der Waals surface area contributed by atoms with E-state index in [1.807, 2.05) is 0 Å². The van der Waals surface area contributed by atoms with Crippen LogP contribution in [0.15, 0.2) is 33.5 Å². The first-order valence-corrected chi connectivity index (χ1v) is 9.65. The molecule has 9 heteroatoms. The Hall–Kier alpha value is -2.42. The quantitative estimate of drug-likeness (QED) is 0.727. The summed E-state index contributed by atoms with van der Waals surface area (Å²) in [5.41, 5.74) is 0.578. The summed E-state index contributed by atoms with van der Waals surface area (Å²) in [6.07, 6.45) is -0.640. The number of halogens is 3. The van der Waals surface area contributed by atoms with Crippen molar-refractivity contribution < 1.29 is 31.5 Å². The van der Waals surface area contributed by atoms with Crippen LogP contribution in [0.5, 0.6) is 0 Å². The monoisotopic (exact) mass is 412 g/mol. The second-order valence-corrected chi connectivity index (χ2v) is 7.76. The Morgan fingerprint density at radius 2 is 2.07 bits per heavy atom. The Kier molecular flexibility index (Phi) is 5.33. The molecule has 2 bridgehead atoms. The van der Waals surface area contributed by atoms with E-state index in [0.29, 0.717) is 18.0 Å². The molecule has 5 heterocycles. The number of fused-ring (bicyclic) bond motifs is 3. The second-order valence-electron chi connectivity index (χ2n) is 7.76. The van der Waals surface area contributed by atoms with E-state index in [0.717, 1.165) is 25.9 Å². The molecule has 29 heavy (non-hydrogen) atoms. The molecule has 0 N–H and O–H groups in total. The summed E-state index contributed by atoms with van der Waals surface area (Å²) in [6, 6.07) is 2.98. The Morgan fingerprint density at radius 1 is 1.31 bits per heavy atom. The van der Waals surface area contributed by atoms with E-state index in [2.05, 4.69) is 4.90 Å². The fourth-order valence-electron chi connectivity index (χ4n) is 4.17. The van der Waals surface area contributed by atoms with Gasteiger partial charge in [0.05, 0.1) is 25.6 Å². The van der Waals surface area contributed by atoms with Crippen LogP contribution in [-0.2, 0) is 24.0 Å². The lowest BCUT2D eigenvalue weighted by molar-refractivity contribution is -0.154. The number of aryl methyl sites for hydroxylation is 1.